The van der Waals surface area contributed by atoms with E-state index in [-0.39, 0.29) is 30.4 Å². The van der Waals surface area contributed by atoms with Crippen molar-refractivity contribution in [2.45, 2.75) is 37.0 Å². The van der Waals surface area contributed by atoms with Crippen LogP contribution in [0.5, 0.6) is 0 Å². The van der Waals surface area contributed by atoms with Crippen molar-refractivity contribution >= 4 is 54.9 Å². The summed E-state index contributed by atoms with van der Waals surface area (Å²) < 4.78 is 0. The van der Waals surface area contributed by atoms with Gasteiger partial charge in [-0.1, -0.05) is 0 Å². The molecule has 15 heteroatoms. The highest BCUT2D eigenvalue weighted by atomic mass is 32.1. The van der Waals surface area contributed by atoms with Gasteiger partial charge in [-0.25, -0.2) is 4.79 Å². The molecule has 3 amide bonds. The first-order valence-electron chi connectivity index (χ1n) is 8.84. The number of guanidine groups is 1. The van der Waals surface area contributed by atoms with E-state index in [1.54, 1.807) is 0 Å². The number of aliphatic imine (C=N–C) groups is 1. The van der Waals surface area contributed by atoms with Gasteiger partial charge in [0.05, 0.1) is 6.61 Å². The summed E-state index contributed by atoms with van der Waals surface area (Å²) in [6, 6.07) is -4.78. The number of carbonyl (C=O) groups is 4. The minimum Gasteiger partial charge on any atom is -0.480 e. The molecule has 0 saturated heterocycles. The van der Waals surface area contributed by atoms with Gasteiger partial charge in [0.15, 0.2) is 5.96 Å². The number of hydrogen-bond acceptors (Lipinski definition) is 9. The van der Waals surface area contributed by atoms with E-state index >= 15 is 0 Å². The summed E-state index contributed by atoms with van der Waals surface area (Å²) in [5.74, 6) is -3.99. The van der Waals surface area contributed by atoms with E-state index < -0.39 is 54.5 Å². The molecule has 4 unspecified atom stereocenters. The highest BCUT2D eigenvalue weighted by Crippen LogP contribution is 2.02. The second kappa shape index (κ2) is 14.7. The average molecular weight is 468 g/mol. The van der Waals surface area contributed by atoms with Crippen LogP contribution in [0.1, 0.15) is 12.8 Å². The molecule has 0 aromatic rings. The topological polar surface area (TPSA) is 235 Å². The summed E-state index contributed by atoms with van der Waals surface area (Å²) >= 11 is 7.87. The molecule has 0 radical (unpaired) electrons. The average Bonchev–Trinajstić information content (AvgIpc) is 2.70. The van der Waals surface area contributed by atoms with Crippen LogP contribution in [0.4, 0.5) is 0 Å². The van der Waals surface area contributed by atoms with Crippen LogP contribution < -0.4 is 33.2 Å². The highest BCUT2D eigenvalue weighted by Gasteiger charge is 2.29. The van der Waals surface area contributed by atoms with E-state index in [0.717, 1.165) is 0 Å². The summed E-state index contributed by atoms with van der Waals surface area (Å²) in [5.41, 5.74) is 15.9. The number of nitrogens with one attached hydrogen (secondary N) is 3. The fourth-order valence-electron chi connectivity index (χ4n) is 2.06. The summed E-state index contributed by atoms with van der Waals surface area (Å²) in [6.07, 6.45) is 0.374. The summed E-state index contributed by atoms with van der Waals surface area (Å²) in [7, 11) is 0. The lowest BCUT2D eigenvalue weighted by atomic mass is 10.1. The fourth-order valence-corrected chi connectivity index (χ4v) is 2.56. The van der Waals surface area contributed by atoms with Crippen molar-refractivity contribution in [1.29, 1.82) is 0 Å². The van der Waals surface area contributed by atoms with Gasteiger partial charge in [-0.15, -0.1) is 0 Å². The number of nitrogens with zero attached hydrogens (tertiary/aromatic N) is 1. The molecule has 11 N–H and O–H groups in total. The van der Waals surface area contributed by atoms with Crippen LogP contribution in [0.2, 0.25) is 0 Å². The number of carboxylic acids is 1. The summed E-state index contributed by atoms with van der Waals surface area (Å²) in [5, 5.41) is 25.0. The van der Waals surface area contributed by atoms with Crippen molar-refractivity contribution in [2.24, 2.45) is 22.2 Å². The third-order valence-corrected chi connectivity index (χ3v) is 4.45. The normalized spacial score (nSPS) is 14.5. The molecule has 0 aliphatic rings. The van der Waals surface area contributed by atoms with Crippen molar-refractivity contribution in [3.63, 3.8) is 0 Å². The maximum absolute atomic E-state index is 12.5. The first-order valence-corrected chi connectivity index (χ1v) is 10.1. The minimum absolute atomic E-state index is 0.0800. The Morgan fingerprint density at radius 3 is 1.87 bits per heavy atom. The lowest BCUT2D eigenvalue weighted by molar-refractivity contribution is -0.141. The van der Waals surface area contributed by atoms with Gasteiger partial charge >= 0.3 is 5.97 Å². The number of thiol groups is 2. The lowest BCUT2D eigenvalue weighted by Crippen LogP contribution is -2.58. The molecule has 30 heavy (non-hydrogen) atoms. The Balaban J connectivity index is 5.24. The smallest absolute Gasteiger partial charge is 0.327 e. The van der Waals surface area contributed by atoms with E-state index in [0.29, 0.717) is 6.42 Å². The number of carboxylic acid groups (broad SMARTS) is 1. The molecule has 0 fully saturated rings. The molecule has 172 valence electrons. The number of aliphatic hydroxyl groups is 1. The molecule has 0 heterocycles. The fraction of sp³-hybridized carbons (Fsp3) is 0.667. The molecule has 13 nitrogen and oxygen atoms in total. The van der Waals surface area contributed by atoms with Crippen LogP contribution in [0, 0.1) is 0 Å². The molecule has 0 aromatic carbocycles. The standard InChI is InChI=1S/C15H29N7O6S2/c16-7(4-23)11(24)21-9(5-29)13(26)20-8(2-1-3-19-15(17)18)12(25)22-10(6-30)14(27)28/h7-10,23,29-30H,1-6,16H2,(H,20,26)(H,21,24)(H,22,25)(H,27,28)(H4,17,18,19). The third-order valence-electron chi connectivity index (χ3n) is 3.72. The molecule has 4 atom stereocenters. The Labute approximate surface area is 184 Å². The van der Waals surface area contributed by atoms with Crippen LogP contribution in [0.15, 0.2) is 4.99 Å². The van der Waals surface area contributed by atoms with Gasteiger partial charge in [0, 0.05) is 18.1 Å². The Kier molecular flexibility index (Phi) is 13.6. The van der Waals surface area contributed by atoms with Crippen molar-refractivity contribution in [1.82, 2.24) is 16.0 Å². The SMILES string of the molecule is NC(N)=NCCCC(NC(=O)C(CS)NC(=O)C(N)CO)C(=O)NC(CS)C(=O)O. The molecule has 0 rings (SSSR count). The van der Waals surface area contributed by atoms with Crippen molar-refractivity contribution in [3.05, 3.63) is 0 Å². The van der Waals surface area contributed by atoms with Crippen molar-refractivity contribution in [2.75, 3.05) is 24.7 Å². The van der Waals surface area contributed by atoms with Gasteiger partial charge < -0.3 is 43.4 Å². The van der Waals surface area contributed by atoms with Gasteiger partial charge in [0.2, 0.25) is 17.7 Å². The Hall–Kier alpha value is -2.23. The minimum atomic E-state index is -1.29. The Morgan fingerprint density at radius 1 is 0.900 bits per heavy atom. The quantitative estimate of drug-likeness (QED) is 0.0514. The maximum Gasteiger partial charge on any atom is 0.327 e. The predicted molar refractivity (Wildman–Crippen MR) is 116 cm³/mol. The largest absolute Gasteiger partial charge is 0.480 e. The van der Waals surface area contributed by atoms with Gasteiger partial charge in [-0.05, 0) is 12.8 Å². The first-order chi connectivity index (χ1) is 14.1. The van der Waals surface area contributed by atoms with Gasteiger partial charge in [0.1, 0.15) is 24.2 Å². The molecule has 0 aliphatic heterocycles. The maximum atomic E-state index is 12.5. The van der Waals surface area contributed by atoms with Crippen molar-refractivity contribution in [3.8, 4) is 0 Å². The van der Waals surface area contributed by atoms with Crippen LogP contribution in [-0.4, -0.2) is 88.7 Å². The Morgan fingerprint density at radius 2 is 1.40 bits per heavy atom. The molecule has 0 bridgehead atoms. The van der Waals surface area contributed by atoms with E-state index in [1.807, 2.05) is 0 Å². The molecule has 0 aromatic heterocycles. The number of aliphatic carboxylic acids is 1. The number of aliphatic hydroxyl groups excluding tert-OH is 1. The number of rotatable bonds is 14. The van der Waals surface area contributed by atoms with Gasteiger partial charge in [-0.2, -0.15) is 25.3 Å². The summed E-state index contributed by atoms with van der Waals surface area (Å²) in [4.78, 5) is 51.7. The zero-order valence-corrected chi connectivity index (χ0v) is 17.9. The highest BCUT2D eigenvalue weighted by molar-refractivity contribution is 7.80. The number of nitrogens with two attached hydrogens (primary N) is 3. The van der Waals surface area contributed by atoms with Gasteiger partial charge in [-0.3, -0.25) is 19.4 Å². The first kappa shape index (κ1) is 27.8. The van der Waals surface area contributed by atoms with Crippen molar-refractivity contribution < 1.29 is 29.4 Å². The van der Waals surface area contributed by atoms with E-state index in [9.17, 15) is 19.2 Å². The zero-order valence-electron chi connectivity index (χ0n) is 16.2. The molecule has 0 spiro atoms. The van der Waals surface area contributed by atoms with Gasteiger partial charge in [0.25, 0.3) is 0 Å². The second-order valence-corrected chi connectivity index (χ2v) is 6.86. The molecule has 0 aliphatic carbocycles. The monoisotopic (exact) mass is 467 g/mol. The molecule has 0 saturated carbocycles. The van der Waals surface area contributed by atoms with Crippen LogP contribution >= 0.6 is 25.3 Å². The van der Waals surface area contributed by atoms with E-state index in [4.69, 9.17) is 27.4 Å². The zero-order chi connectivity index (χ0) is 23.3. The number of amides is 3. The van der Waals surface area contributed by atoms with E-state index in [2.05, 4.69) is 46.2 Å². The Bertz CT molecular complexity index is 633. The summed E-state index contributed by atoms with van der Waals surface area (Å²) in [6.45, 7) is -0.447. The molecular formula is C15H29N7O6S2. The third kappa shape index (κ3) is 10.5. The van der Waals surface area contributed by atoms with Crippen LogP contribution in [0.3, 0.4) is 0 Å². The molecular weight excluding hydrogens is 438 g/mol. The lowest BCUT2D eigenvalue weighted by Gasteiger charge is -2.24. The second-order valence-electron chi connectivity index (χ2n) is 6.12. The van der Waals surface area contributed by atoms with Crippen LogP contribution in [0.25, 0.3) is 0 Å². The van der Waals surface area contributed by atoms with E-state index in [1.165, 1.54) is 0 Å². The predicted octanol–water partition coefficient (Wildman–Crippen LogP) is -4.24. The van der Waals surface area contributed by atoms with Crippen LogP contribution in [-0.2, 0) is 19.2 Å². The number of carbonyl (C=O) groups excluding carboxylic acids is 3. The number of hydrogen-bond donors (Lipinski definition) is 10.